The zero-order chi connectivity index (χ0) is 12.5. The molecular weight excluding hydrogens is 232 g/mol. The van der Waals surface area contributed by atoms with Gasteiger partial charge in [-0.25, -0.2) is 19.3 Å². The van der Waals surface area contributed by atoms with Gasteiger partial charge in [0, 0.05) is 12.4 Å². The van der Waals surface area contributed by atoms with Crippen molar-refractivity contribution in [3.8, 4) is 11.6 Å². The number of H-pyrrole nitrogens is 1. The molecule has 0 saturated heterocycles. The SMILES string of the molecule is Cc1cccc(Oc2nccn3c(=O)[nH]nc23)c1. The molecule has 0 spiro atoms. The Kier molecular flexibility index (Phi) is 2.33. The fourth-order valence-corrected chi connectivity index (χ4v) is 1.68. The summed E-state index contributed by atoms with van der Waals surface area (Å²) in [4.78, 5) is 15.5. The minimum absolute atomic E-state index is 0.293. The minimum atomic E-state index is -0.318. The lowest BCUT2D eigenvalue weighted by Gasteiger charge is -2.05. The van der Waals surface area contributed by atoms with Gasteiger partial charge in [-0.1, -0.05) is 12.1 Å². The number of aromatic nitrogens is 4. The number of fused-ring (bicyclic) bond motifs is 1. The van der Waals surface area contributed by atoms with Crippen LogP contribution < -0.4 is 10.4 Å². The van der Waals surface area contributed by atoms with Crippen LogP contribution in [0.3, 0.4) is 0 Å². The quantitative estimate of drug-likeness (QED) is 0.739. The molecule has 1 N–H and O–H groups in total. The molecule has 0 amide bonds. The van der Waals surface area contributed by atoms with E-state index in [9.17, 15) is 4.79 Å². The maximum absolute atomic E-state index is 11.4. The van der Waals surface area contributed by atoms with Gasteiger partial charge >= 0.3 is 5.69 Å². The highest BCUT2D eigenvalue weighted by atomic mass is 16.5. The molecule has 0 aliphatic carbocycles. The second kappa shape index (κ2) is 3.99. The van der Waals surface area contributed by atoms with Crippen LogP contribution in [0.5, 0.6) is 11.6 Å². The second-order valence-corrected chi connectivity index (χ2v) is 3.87. The standard InChI is InChI=1S/C12H10N4O2/c1-8-3-2-4-9(7-8)18-11-10-14-15-12(17)16(10)6-5-13-11/h2-7H,1H3,(H,15,17). The van der Waals surface area contributed by atoms with Gasteiger partial charge in [-0.3, -0.25) is 0 Å². The predicted molar refractivity (Wildman–Crippen MR) is 64.9 cm³/mol. The Labute approximate surface area is 102 Å². The highest BCUT2D eigenvalue weighted by Crippen LogP contribution is 2.22. The van der Waals surface area contributed by atoms with E-state index in [1.54, 1.807) is 0 Å². The lowest BCUT2D eigenvalue weighted by molar-refractivity contribution is 0.464. The summed E-state index contributed by atoms with van der Waals surface area (Å²) in [6.07, 6.45) is 3.03. The van der Waals surface area contributed by atoms with Crippen molar-refractivity contribution in [1.82, 2.24) is 19.6 Å². The van der Waals surface area contributed by atoms with E-state index in [0.717, 1.165) is 5.56 Å². The largest absolute Gasteiger partial charge is 0.436 e. The van der Waals surface area contributed by atoms with Crippen LogP contribution in [0.2, 0.25) is 0 Å². The maximum atomic E-state index is 11.4. The Balaban J connectivity index is 2.07. The van der Waals surface area contributed by atoms with Crippen molar-refractivity contribution in [1.29, 1.82) is 0 Å². The van der Waals surface area contributed by atoms with Crippen molar-refractivity contribution in [2.45, 2.75) is 6.92 Å². The first kappa shape index (κ1) is 10.5. The normalized spacial score (nSPS) is 10.7. The van der Waals surface area contributed by atoms with E-state index < -0.39 is 0 Å². The van der Waals surface area contributed by atoms with E-state index >= 15 is 0 Å². The minimum Gasteiger partial charge on any atom is -0.436 e. The number of aromatic amines is 1. The first-order chi connectivity index (χ1) is 8.74. The van der Waals surface area contributed by atoms with Crippen molar-refractivity contribution < 1.29 is 4.74 Å². The van der Waals surface area contributed by atoms with Crippen molar-refractivity contribution >= 4 is 5.65 Å². The lowest BCUT2D eigenvalue weighted by Crippen LogP contribution is -2.09. The monoisotopic (exact) mass is 242 g/mol. The molecule has 90 valence electrons. The third kappa shape index (κ3) is 1.73. The summed E-state index contributed by atoms with van der Waals surface area (Å²) in [5, 5.41) is 6.23. The number of hydrogen-bond acceptors (Lipinski definition) is 4. The molecule has 3 aromatic rings. The van der Waals surface area contributed by atoms with Gasteiger partial charge in [-0.2, -0.15) is 0 Å². The van der Waals surface area contributed by atoms with Gasteiger partial charge in [-0.15, -0.1) is 5.10 Å². The van der Waals surface area contributed by atoms with Crippen molar-refractivity contribution in [3.05, 3.63) is 52.7 Å². The molecule has 0 fully saturated rings. The number of nitrogens with zero attached hydrogens (tertiary/aromatic N) is 3. The summed E-state index contributed by atoms with van der Waals surface area (Å²) >= 11 is 0. The third-order valence-corrected chi connectivity index (χ3v) is 2.51. The molecular formula is C12H10N4O2. The fraction of sp³-hybridized carbons (Fsp3) is 0.0833. The van der Waals surface area contributed by atoms with Gasteiger partial charge in [0.1, 0.15) is 5.75 Å². The van der Waals surface area contributed by atoms with Crippen LogP contribution >= 0.6 is 0 Å². The van der Waals surface area contributed by atoms with Gasteiger partial charge in [0.05, 0.1) is 0 Å². The number of aryl methyl sites for hydroxylation is 1. The molecule has 6 nitrogen and oxygen atoms in total. The van der Waals surface area contributed by atoms with E-state index in [2.05, 4.69) is 15.2 Å². The van der Waals surface area contributed by atoms with Crippen molar-refractivity contribution in [3.63, 3.8) is 0 Å². The maximum Gasteiger partial charge on any atom is 0.347 e. The molecule has 1 aromatic carbocycles. The molecule has 0 aliphatic heterocycles. The average molecular weight is 242 g/mol. The summed E-state index contributed by atoms with van der Waals surface area (Å²) in [5.41, 5.74) is 1.13. The Bertz CT molecular complexity index is 760. The molecule has 0 radical (unpaired) electrons. The Morgan fingerprint density at radius 2 is 2.28 bits per heavy atom. The highest BCUT2D eigenvalue weighted by Gasteiger charge is 2.09. The Morgan fingerprint density at radius 1 is 1.39 bits per heavy atom. The molecule has 2 heterocycles. The van der Waals surface area contributed by atoms with E-state index in [0.29, 0.717) is 17.3 Å². The molecule has 6 heteroatoms. The molecule has 0 aliphatic rings. The number of hydrogen-bond donors (Lipinski definition) is 1. The van der Waals surface area contributed by atoms with E-state index in [-0.39, 0.29) is 5.69 Å². The van der Waals surface area contributed by atoms with Gasteiger partial charge in [0.2, 0.25) is 5.65 Å². The van der Waals surface area contributed by atoms with Crippen LogP contribution in [0.4, 0.5) is 0 Å². The molecule has 2 aromatic heterocycles. The molecule has 0 bridgehead atoms. The van der Waals surface area contributed by atoms with Crippen LogP contribution in [0.15, 0.2) is 41.5 Å². The predicted octanol–water partition coefficient (Wildman–Crippen LogP) is 1.52. The van der Waals surface area contributed by atoms with Crippen molar-refractivity contribution in [2.75, 3.05) is 0 Å². The molecule has 0 saturated carbocycles. The molecule has 0 unspecified atom stereocenters. The molecule has 3 rings (SSSR count). The summed E-state index contributed by atoms with van der Waals surface area (Å²) in [6.45, 7) is 1.97. The van der Waals surface area contributed by atoms with E-state index in [4.69, 9.17) is 4.74 Å². The second-order valence-electron chi connectivity index (χ2n) is 3.87. The van der Waals surface area contributed by atoms with Crippen LogP contribution in [0, 0.1) is 6.92 Å². The van der Waals surface area contributed by atoms with Crippen LogP contribution in [-0.2, 0) is 0 Å². The first-order valence-electron chi connectivity index (χ1n) is 5.40. The van der Waals surface area contributed by atoms with Crippen LogP contribution in [0.25, 0.3) is 5.65 Å². The van der Waals surface area contributed by atoms with Gasteiger partial charge in [-0.05, 0) is 24.6 Å². The summed E-state index contributed by atoms with van der Waals surface area (Å²) < 4.78 is 6.98. The smallest absolute Gasteiger partial charge is 0.347 e. The van der Waals surface area contributed by atoms with Crippen LogP contribution in [-0.4, -0.2) is 19.6 Å². The molecule has 0 atom stereocenters. The average Bonchev–Trinajstić information content (AvgIpc) is 2.73. The van der Waals surface area contributed by atoms with Gasteiger partial charge < -0.3 is 4.74 Å². The third-order valence-electron chi connectivity index (χ3n) is 2.51. The number of benzene rings is 1. The highest BCUT2D eigenvalue weighted by molar-refractivity contribution is 5.49. The lowest BCUT2D eigenvalue weighted by atomic mass is 10.2. The summed E-state index contributed by atoms with van der Waals surface area (Å²) in [7, 11) is 0. The Hall–Kier alpha value is -2.63. The van der Waals surface area contributed by atoms with E-state index in [1.165, 1.54) is 16.8 Å². The molecule has 18 heavy (non-hydrogen) atoms. The zero-order valence-electron chi connectivity index (χ0n) is 9.62. The number of nitrogens with one attached hydrogen (secondary N) is 1. The topological polar surface area (TPSA) is 72.3 Å². The zero-order valence-corrected chi connectivity index (χ0v) is 9.62. The summed E-state index contributed by atoms with van der Waals surface area (Å²) in [6, 6.07) is 7.57. The first-order valence-corrected chi connectivity index (χ1v) is 5.40. The van der Waals surface area contributed by atoms with E-state index in [1.807, 2.05) is 31.2 Å². The number of rotatable bonds is 2. The fourth-order valence-electron chi connectivity index (χ4n) is 1.68. The number of ether oxygens (including phenoxy) is 1. The van der Waals surface area contributed by atoms with Crippen LogP contribution in [0.1, 0.15) is 5.56 Å². The summed E-state index contributed by atoms with van der Waals surface area (Å²) in [5.74, 6) is 0.951. The van der Waals surface area contributed by atoms with Crippen molar-refractivity contribution in [2.24, 2.45) is 0 Å². The van der Waals surface area contributed by atoms with Gasteiger partial charge in [0.15, 0.2) is 0 Å². The Morgan fingerprint density at radius 3 is 3.11 bits per heavy atom. The van der Waals surface area contributed by atoms with Gasteiger partial charge in [0.25, 0.3) is 5.88 Å².